The SMILES string of the molecule is O=S(=O)(Cc1cc(F)ccc1Cl)NC1(c2ncccn2)CCOCC1. The second-order valence-electron chi connectivity index (χ2n) is 5.86. The minimum absolute atomic E-state index is 0.198. The highest BCUT2D eigenvalue weighted by Gasteiger charge is 2.40. The fourth-order valence-electron chi connectivity index (χ4n) is 2.83. The van der Waals surface area contributed by atoms with Crippen molar-refractivity contribution in [3.05, 3.63) is 58.9 Å². The van der Waals surface area contributed by atoms with Crippen LogP contribution in [-0.2, 0) is 26.1 Å². The first-order valence-electron chi connectivity index (χ1n) is 7.71. The third-order valence-electron chi connectivity index (χ3n) is 4.04. The van der Waals surface area contributed by atoms with Gasteiger partial charge in [0, 0.05) is 30.6 Å². The number of halogens is 2. The zero-order valence-electron chi connectivity index (χ0n) is 13.3. The van der Waals surface area contributed by atoms with E-state index in [2.05, 4.69) is 14.7 Å². The third-order valence-corrected chi connectivity index (χ3v) is 5.81. The van der Waals surface area contributed by atoms with Crippen molar-refractivity contribution in [2.24, 2.45) is 0 Å². The van der Waals surface area contributed by atoms with Gasteiger partial charge in [0.1, 0.15) is 11.6 Å². The number of nitrogens with zero attached hydrogens (tertiary/aromatic N) is 2. The Morgan fingerprint density at radius 1 is 1.24 bits per heavy atom. The third kappa shape index (κ3) is 4.33. The Morgan fingerprint density at radius 2 is 1.92 bits per heavy atom. The molecular formula is C16H17ClFN3O3S. The van der Waals surface area contributed by atoms with Crippen LogP contribution in [0.2, 0.25) is 5.02 Å². The predicted octanol–water partition coefficient (Wildman–Crippen LogP) is 2.39. The van der Waals surface area contributed by atoms with Crippen LogP contribution in [0.25, 0.3) is 0 Å². The van der Waals surface area contributed by atoms with Gasteiger partial charge < -0.3 is 4.74 Å². The highest BCUT2D eigenvalue weighted by molar-refractivity contribution is 7.88. The summed E-state index contributed by atoms with van der Waals surface area (Å²) >= 11 is 5.99. The number of rotatable bonds is 5. The van der Waals surface area contributed by atoms with Crippen LogP contribution >= 0.6 is 11.6 Å². The molecule has 0 radical (unpaired) electrons. The first-order chi connectivity index (χ1) is 11.9. The predicted molar refractivity (Wildman–Crippen MR) is 90.9 cm³/mol. The molecule has 134 valence electrons. The molecule has 1 saturated heterocycles. The second-order valence-corrected chi connectivity index (χ2v) is 7.99. The molecule has 9 heteroatoms. The molecule has 2 heterocycles. The minimum atomic E-state index is -3.82. The molecule has 3 rings (SSSR count). The van der Waals surface area contributed by atoms with E-state index in [-0.39, 0.29) is 10.6 Å². The molecule has 0 aliphatic carbocycles. The van der Waals surface area contributed by atoms with Gasteiger partial charge in [-0.3, -0.25) is 0 Å². The zero-order valence-corrected chi connectivity index (χ0v) is 14.9. The maximum absolute atomic E-state index is 13.4. The average molecular weight is 386 g/mol. The van der Waals surface area contributed by atoms with Crippen LogP contribution in [0, 0.1) is 5.82 Å². The van der Waals surface area contributed by atoms with Crippen molar-refractivity contribution in [3.8, 4) is 0 Å². The van der Waals surface area contributed by atoms with Gasteiger partial charge >= 0.3 is 0 Å². The largest absolute Gasteiger partial charge is 0.381 e. The quantitative estimate of drug-likeness (QED) is 0.854. The summed E-state index contributed by atoms with van der Waals surface area (Å²) in [6.07, 6.45) is 3.95. The molecule has 1 N–H and O–H groups in total. The molecule has 0 bridgehead atoms. The molecule has 2 aromatic rings. The Balaban J connectivity index is 1.89. The van der Waals surface area contributed by atoms with Crippen LogP contribution in [0.1, 0.15) is 24.2 Å². The first-order valence-corrected chi connectivity index (χ1v) is 9.74. The molecule has 0 unspecified atom stereocenters. The van der Waals surface area contributed by atoms with Crippen LogP contribution in [-0.4, -0.2) is 31.6 Å². The van der Waals surface area contributed by atoms with Crippen LogP contribution in [0.15, 0.2) is 36.7 Å². The van der Waals surface area contributed by atoms with E-state index in [1.165, 1.54) is 12.1 Å². The number of ether oxygens (including phenoxy) is 1. The normalized spacial score (nSPS) is 17.4. The molecule has 6 nitrogen and oxygen atoms in total. The summed E-state index contributed by atoms with van der Waals surface area (Å²) in [5.74, 6) is -0.576. The van der Waals surface area contributed by atoms with Crippen LogP contribution < -0.4 is 4.72 Å². The van der Waals surface area contributed by atoms with E-state index in [9.17, 15) is 12.8 Å². The number of nitrogens with one attached hydrogen (secondary N) is 1. The average Bonchev–Trinajstić information content (AvgIpc) is 2.59. The lowest BCUT2D eigenvalue weighted by Crippen LogP contribution is -2.50. The summed E-state index contributed by atoms with van der Waals surface area (Å²) in [5.41, 5.74) is -0.747. The second kappa shape index (κ2) is 7.33. The number of sulfonamides is 1. The highest BCUT2D eigenvalue weighted by atomic mass is 35.5. The van der Waals surface area contributed by atoms with Gasteiger partial charge in [-0.2, -0.15) is 0 Å². The van der Waals surface area contributed by atoms with Crippen molar-refractivity contribution < 1.29 is 17.5 Å². The molecule has 1 aliphatic rings. The standard InChI is InChI=1S/C16H17ClFN3O3S/c17-14-3-2-13(18)10-12(14)11-25(22,23)21-16(4-8-24-9-5-16)15-19-6-1-7-20-15/h1-3,6-7,10,21H,4-5,8-9,11H2. The Hall–Kier alpha value is -1.61. The maximum Gasteiger partial charge on any atom is 0.216 e. The van der Waals surface area contributed by atoms with Gasteiger partial charge in [-0.05, 0) is 42.7 Å². The van der Waals surface area contributed by atoms with E-state index < -0.39 is 27.1 Å². The van der Waals surface area contributed by atoms with E-state index in [0.717, 1.165) is 6.07 Å². The molecule has 1 aliphatic heterocycles. The molecule has 1 aromatic heterocycles. The molecule has 0 atom stereocenters. The topological polar surface area (TPSA) is 81.2 Å². The molecule has 0 spiro atoms. The summed E-state index contributed by atoms with van der Waals surface area (Å²) in [4.78, 5) is 8.44. The fourth-order valence-corrected chi connectivity index (χ4v) is 4.70. The lowest BCUT2D eigenvalue weighted by Gasteiger charge is -2.36. The summed E-state index contributed by atoms with van der Waals surface area (Å²) in [5, 5.41) is 0.198. The smallest absolute Gasteiger partial charge is 0.216 e. The van der Waals surface area contributed by atoms with Crippen molar-refractivity contribution in [3.63, 3.8) is 0 Å². The highest BCUT2D eigenvalue weighted by Crippen LogP contribution is 2.31. The Bertz CT molecular complexity index is 843. The van der Waals surface area contributed by atoms with Crippen molar-refractivity contribution in [1.82, 2.24) is 14.7 Å². The number of benzene rings is 1. The molecular weight excluding hydrogens is 369 g/mol. The van der Waals surface area contributed by atoms with E-state index in [4.69, 9.17) is 16.3 Å². The summed E-state index contributed by atoms with van der Waals surface area (Å²) in [6, 6.07) is 5.31. The van der Waals surface area contributed by atoms with Gasteiger partial charge in [0.2, 0.25) is 10.0 Å². The number of hydrogen-bond donors (Lipinski definition) is 1. The molecule has 0 amide bonds. The van der Waals surface area contributed by atoms with Gasteiger partial charge in [0.25, 0.3) is 0 Å². The molecule has 1 aromatic carbocycles. The lowest BCUT2D eigenvalue weighted by molar-refractivity contribution is 0.0426. The van der Waals surface area contributed by atoms with E-state index >= 15 is 0 Å². The van der Waals surface area contributed by atoms with E-state index in [1.54, 1.807) is 18.5 Å². The van der Waals surface area contributed by atoms with Crippen molar-refractivity contribution >= 4 is 21.6 Å². The number of hydrogen-bond acceptors (Lipinski definition) is 5. The number of aromatic nitrogens is 2. The maximum atomic E-state index is 13.4. The molecule has 1 fully saturated rings. The lowest BCUT2D eigenvalue weighted by atomic mass is 9.90. The Morgan fingerprint density at radius 3 is 2.60 bits per heavy atom. The Kier molecular flexibility index (Phi) is 5.33. The summed E-state index contributed by atoms with van der Waals surface area (Å²) in [6.45, 7) is 0.781. The molecule has 0 saturated carbocycles. The zero-order chi connectivity index (χ0) is 17.9. The molecule has 25 heavy (non-hydrogen) atoms. The summed E-state index contributed by atoms with van der Waals surface area (Å²) < 4.78 is 46.9. The fraction of sp³-hybridized carbons (Fsp3) is 0.375. The van der Waals surface area contributed by atoms with Gasteiger partial charge in [-0.1, -0.05) is 11.6 Å². The van der Waals surface area contributed by atoms with Crippen molar-refractivity contribution in [2.75, 3.05) is 13.2 Å². The minimum Gasteiger partial charge on any atom is -0.381 e. The van der Waals surface area contributed by atoms with Gasteiger partial charge in [-0.25, -0.2) is 27.5 Å². The first kappa shape index (κ1) is 18.2. The van der Waals surface area contributed by atoms with E-state index in [0.29, 0.717) is 31.9 Å². The van der Waals surface area contributed by atoms with Gasteiger partial charge in [0.05, 0.1) is 11.3 Å². The van der Waals surface area contributed by atoms with Crippen molar-refractivity contribution in [1.29, 1.82) is 0 Å². The van der Waals surface area contributed by atoms with Crippen LogP contribution in [0.3, 0.4) is 0 Å². The van der Waals surface area contributed by atoms with Crippen LogP contribution in [0.5, 0.6) is 0 Å². The van der Waals surface area contributed by atoms with Gasteiger partial charge in [-0.15, -0.1) is 0 Å². The Labute approximate surface area is 150 Å². The summed E-state index contributed by atoms with van der Waals surface area (Å²) in [7, 11) is -3.82. The van der Waals surface area contributed by atoms with Crippen LogP contribution in [0.4, 0.5) is 4.39 Å². The van der Waals surface area contributed by atoms with E-state index in [1.807, 2.05) is 0 Å². The van der Waals surface area contributed by atoms with Crippen molar-refractivity contribution in [2.45, 2.75) is 24.1 Å². The van der Waals surface area contributed by atoms with Gasteiger partial charge in [0.15, 0.2) is 0 Å². The monoisotopic (exact) mass is 385 g/mol.